The molecule has 0 aliphatic heterocycles. The lowest BCUT2D eigenvalue weighted by molar-refractivity contribution is -0.117. The zero-order valence-corrected chi connectivity index (χ0v) is 16.2. The smallest absolute Gasteiger partial charge is 0.292 e. The molecule has 1 heterocycles. The molecular formula is C22H23N3O3. The number of rotatable bonds is 7. The third kappa shape index (κ3) is 4.02. The Labute approximate surface area is 164 Å². The summed E-state index contributed by atoms with van der Waals surface area (Å²) < 4.78 is 6.86. The van der Waals surface area contributed by atoms with Gasteiger partial charge in [0.1, 0.15) is 0 Å². The summed E-state index contributed by atoms with van der Waals surface area (Å²) in [4.78, 5) is 25.3. The quantitative estimate of drug-likeness (QED) is 0.507. The van der Waals surface area contributed by atoms with Crippen molar-refractivity contribution in [3.63, 3.8) is 0 Å². The summed E-state index contributed by atoms with van der Waals surface area (Å²) in [6.45, 7) is 4.24. The summed E-state index contributed by atoms with van der Waals surface area (Å²) in [6, 6.07) is 17.2. The van der Waals surface area contributed by atoms with Crippen molar-refractivity contribution in [3.05, 3.63) is 82.7 Å². The molecule has 0 radical (unpaired) electrons. The Balaban J connectivity index is 1.78. The lowest BCUT2D eigenvalue weighted by Gasteiger charge is -2.10. The minimum absolute atomic E-state index is 0.259. The fraction of sp³-hybridized carbons (Fsp3) is 0.227. The van der Waals surface area contributed by atoms with Gasteiger partial charge in [0.15, 0.2) is 0 Å². The highest BCUT2D eigenvalue weighted by Crippen LogP contribution is 2.18. The first-order chi connectivity index (χ1) is 13.5. The number of carbonyl (C=O) groups is 2. The number of ketones is 1. The van der Waals surface area contributed by atoms with Crippen molar-refractivity contribution >= 4 is 11.7 Å². The van der Waals surface area contributed by atoms with E-state index < -0.39 is 11.7 Å². The Bertz CT molecular complexity index is 994. The standard InChI is InChI=1S/C22H23N3O3/c1-15-20(16(2)25(24-15)19-11-5-4-6-12-19)21(26)22(27)23-13-17-9-7-8-10-18(17)14-28-3/h4-12H,13-14H2,1-3H3,(H,23,27). The molecule has 3 aromatic rings. The van der Waals surface area contributed by atoms with Crippen LogP contribution in [0.1, 0.15) is 32.9 Å². The average molecular weight is 377 g/mol. The number of hydrogen-bond donors (Lipinski definition) is 1. The second-order valence-electron chi connectivity index (χ2n) is 6.51. The van der Waals surface area contributed by atoms with Gasteiger partial charge in [0.2, 0.25) is 0 Å². The summed E-state index contributed by atoms with van der Waals surface area (Å²) in [5, 5.41) is 7.16. The van der Waals surface area contributed by atoms with Crippen LogP contribution in [-0.2, 0) is 22.7 Å². The van der Waals surface area contributed by atoms with Gasteiger partial charge >= 0.3 is 0 Å². The Morgan fingerprint density at radius 2 is 1.64 bits per heavy atom. The number of aromatic nitrogens is 2. The van der Waals surface area contributed by atoms with Crippen LogP contribution >= 0.6 is 0 Å². The van der Waals surface area contributed by atoms with Crippen molar-refractivity contribution in [2.75, 3.05) is 7.11 Å². The molecule has 1 N–H and O–H groups in total. The number of hydrogen-bond acceptors (Lipinski definition) is 4. The van der Waals surface area contributed by atoms with Gasteiger partial charge < -0.3 is 10.1 Å². The van der Waals surface area contributed by atoms with Crippen LogP contribution < -0.4 is 5.32 Å². The molecule has 6 nitrogen and oxygen atoms in total. The van der Waals surface area contributed by atoms with E-state index in [9.17, 15) is 9.59 Å². The predicted octanol–water partition coefficient (Wildman–Crippen LogP) is 3.13. The SMILES string of the molecule is COCc1ccccc1CNC(=O)C(=O)c1c(C)nn(-c2ccccc2)c1C. The van der Waals surface area contributed by atoms with Crippen LogP contribution in [0.4, 0.5) is 0 Å². The van der Waals surface area contributed by atoms with Gasteiger partial charge in [-0.05, 0) is 37.1 Å². The highest BCUT2D eigenvalue weighted by Gasteiger charge is 2.25. The predicted molar refractivity (Wildman–Crippen MR) is 106 cm³/mol. The summed E-state index contributed by atoms with van der Waals surface area (Å²) in [5.74, 6) is -1.23. The Morgan fingerprint density at radius 1 is 1.00 bits per heavy atom. The fourth-order valence-corrected chi connectivity index (χ4v) is 3.19. The number of methoxy groups -OCH3 is 1. The molecule has 0 atom stereocenters. The van der Waals surface area contributed by atoms with Crippen LogP contribution in [0, 0.1) is 13.8 Å². The van der Waals surface area contributed by atoms with Crippen molar-refractivity contribution in [1.82, 2.24) is 15.1 Å². The molecule has 0 saturated carbocycles. The van der Waals surface area contributed by atoms with Gasteiger partial charge in [-0.1, -0.05) is 42.5 Å². The third-order valence-electron chi connectivity index (χ3n) is 4.58. The number of nitrogens with zero attached hydrogens (tertiary/aromatic N) is 2. The zero-order valence-electron chi connectivity index (χ0n) is 16.2. The van der Waals surface area contributed by atoms with E-state index in [4.69, 9.17) is 4.74 Å². The van der Waals surface area contributed by atoms with Gasteiger partial charge in [-0.15, -0.1) is 0 Å². The van der Waals surface area contributed by atoms with E-state index in [1.807, 2.05) is 54.6 Å². The molecule has 0 fully saturated rings. The summed E-state index contributed by atoms with van der Waals surface area (Å²) >= 11 is 0. The number of amides is 1. The van der Waals surface area contributed by atoms with Crippen LogP contribution in [0.2, 0.25) is 0 Å². The first-order valence-electron chi connectivity index (χ1n) is 9.02. The largest absolute Gasteiger partial charge is 0.380 e. The highest BCUT2D eigenvalue weighted by molar-refractivity contribution is 6.43. The maximum atomic E-state index is 12.8. The number of Topliss-reactive ketones (excluding diaryl/α,β-unsaturated/α-hetero) is 1. The Kier molecular flexibility index (Phi) is 6.01. The van der Waals surface area contributed by atoms with Gasteiger partial charge in [-0.3, -0.25) is 9.59 Å². The van der Waals surface area contributed by atoms with E-state index in [-0.39, 0.29) is 6.54 Å². The summed E-state index contributed by atoms with van der Waals surface area (Å²) in [6.07, 6.45) is 0. The summed E-state index contributed by atoms with van der Waals surface area (Å²) in [5.41, 5.74) is 4.24. The minimum atomic E-state index is -0.647. The molecule has 0 spiro atoms. The molecule has 0 unspecified atom stereocenters. The lowest BCUT2D eigenvalue weighted by atomic mass is 10.1. The van der Waals surface area contributed by atoms with Crippen molar-refractivity contribution < 1.29 is 14.3 Å². The third-order valence-corrected chi connectivity index (χ3v) is 4.58. The number of benzene rings is 2. The van der Waals surface area contributed by atoms with E-state index in [1.54, 1.807) is 25.6 Å². The number of ether oxygens (including phenoxy) is 1. The van der Waals surface area contributed by atoms with Crippen LogP contribution in [-0.4, -0.2) is 28.6 Å². The van der Waals surface area contributed by atoms with E-state index in [1.165, 1.54) is 0 Å². The minimum Gasteiger partial charge on any atom is -0.380 e. The molecule has 6 heteroatoms. The van der Waals surface area contributed by atoms with Crippen molar-refractivity contribution in [3.8, 4) is 5.69 Å². The van der Waals surface area contributed by atoms with E-state index in [2.05, 4.69) is 10.4 Å². The Morgan fingerprint density at radius 3 is 2.32 bits per heavy atom. The van der Waals surface area contributed by atoms with Gasteiger partial charge in [-0.2, -0.15) is 5.10 Å². The molecule has 1 amide bonds. The van der Waals surface area contributed by atoms with Crippen LogP contribution in [0.5, 0.6) is 0 Å². The van der Waals surface area contributed by atoms with Gasteiger partial charge in [0, 0.05) is 13.7 Å². The van der Waals surface area contributed by atoms with Crippen molar-refractivity contribution in [1.29, 1.82) is 0 Å². The molecule has 2 aromatic carbocycles. The van der Waals surface area contributed by atoms with E-state index in [0.717, 1.165) is 16.8 Å². The molecule has 1 aromatic heterocycles. The first kappa shape index (κ1) is 19.5. The number of carbonyl (C=O) groups excluding carboxylic acids is 2. The van der Waals surface area contributed by atoms with E-state index in [0.29, 0.717) is 23.6 Å². The first-order valence-corrected chi connectivity index (χ1v) is 9.02. The topological polar surface area (TPSA) is 73.2 Å². The van der Waals surface area contributed by atoms with Crippen molar-refractivity contribution in [2.24, 2.45) is 0 Å². The molecule has 3 rings (SSSR count). The summed E-state index contributed by atoms with van der Waals surface area (Å²) in [7, 11) is 1.62. The molecule has 0 saturated heterocycles. The zero-order chi connectivity index (χ0) is 20.1. The molecule has 0 aliphatic rings. The highest BCUT2D eigenvalue weighted by atomic mass is 16.5. The van der Waals surface area contributed by atoms with Crippen LogP contribution in [0.3, 0.4) is 0 Å². The number of nitrogens with one attached hydrogen (secondary N) is 1. The maximum Gasteiger partial charge on any atom is 0.292 e. The molecule has 144 valence electrons. The average Bonchev–Trinajstić information content (AvgIpc) is 3.01. The van der Waals surface area contributed by atoms with Crippen LogP contribution in [0.15, 0.2) is 54.6 Å². The molecule has 0 aliphatic carbocycles. The van der Waals surface area contributed by atoms with Gasteiger partial charge in [0.05, 0.1) is 29.2 Å². The number of para-hydroxylation sites is 1. The lowest BCUT2D eigenvalue weighted by Crippen LogP contribution is -2.31. The number of aryl methyl sites for hydroxylation is 1. The fourth-order valence-electron chi connectivity index (χ4n) is 3.19. The van der Waals surface area contributed by atoms with E-state index >= 15 is 0 Å². The monoisotopic (exact) mass is 377 g/mol. The normalized spacial score (nSPS) is 10.7. The molecule has 28 heavy (non-hydrogen) atoms. The van der Waals surface area contributed by atoms with Crippen LogP contribution in [0.25, 0.3) is 5.69 Å². The molecular weight excluding hydrogens is 354 g/mol. The van der Waals surface area contributed by atoms with Gasteiger partial charge in [-0.25, -0.2) is 4.68 Å². The van der Waals surface area contributed by atoms with Crippen molar-refractivity contribution in [2.45, 2.75) is 27.0 Å². The van der Waals surface area contributed by atoms with Gasteiger partial charge in [0.25, 0.3) is 11.7 Å². The Hall–Kier alpha value is -3.25. The maximum absolute atomic E-state index is 12.8. The second kappa shape index (κ2) is 8.63. The molecule has 0 bridgehead atoms. The second-order valence-corrected chi connectivity index (χ2v) is 6.51.